The predicted octanol–water partition coefficient (Wildman–Crippen LogP) is 3.81. The van der Waals surface area contributed by atoms with E-state index in [1.165, 1.54) is 12.1 Å². The quantitative estimate of drug-likeness (QED) is 0.274. The molecular weight excluding hydrogens is 388 g/mol. The number of anilines is 1. The molecule has 8 nitrogen and oxygen atoms in total. The minimum atomic E-state index is -0.651. The molecule has 0 amide bonds. The molecule has 0 bridgehead atoms. The summed E-state index contributed by atoms with van der Waals surface area (Å²) in [7, 11) is 1.58. The number of nitro benzene ring substituents is 1. The highest BCUT2D eigenvalue weighted by atomic mass is 16.6. The van der Waals surface area contributed by atoms with Gasteiger partial charge in [0.05, 0.1) is 36.5 Å². The number of hydrogen-bond donors (Lipinski definition) is 0. The van der Waals surface area contributed by atoms with E-state index in [0.29, 0.717) is 43.5 Å². The third kappa shape index (κ3) is 4.04. The highest BCUT2D eigenvalue weighted by molar-refractivity contribution is 5.98. The first kappa shape index (κ1) is 19.7. The molecule has 1 heterocycles. The molecule has 0 unspecified atom stereocenters. The van der Waals surface area contributed by atoms with Crippen LogP contribution in [-0.4, -0.2) is 44.3 Å². The Morgan fingerprint density at radius 2 is 1.70 bits per heavy atom. The summed E-state index contributed by atoms with van der Waals surface area (Å²) in [5.74, 6) is 0.391. The molecule has 3 aromatic carbocycles. The second-order valence-electron chi connectivity index (χ2n) is 6.82. The Morgan fingerprint density at radius 1 is 1.00 bits per heavy atom. The number of non-ortho nitro benzene ring substituents is 1. The smallest absolute Gasteiger partial charge is 0.345 e. The Kier molecular flexibility index (Phi) is 5.49. The zero-order valence-corrected chi connectivity index (χ0v) is 16.4. The first-order valence-corrected chi connectivity index (χ1v) is 9.46. The molecule has 4 rings (SSSR count). The van der Waals surface area contributed by atoms with Crippen molar-refractivity contribution in [2.75, 3.05) is 38.3 Å². The molecule has 1 aliphatic rings. The SMILES string of the molecule is COc1ccc2ccc(OC(=O)c3cc([N+](=O)[O-])ccc3N3CCOCC3)cc2c1. The lowest BCUT2D eigenvalue weighted by molar-refractivity contribution is -0.384. The molecule has 0 aliphatic carbocycles. The summed E-state index contributed by atoms with van der Waals surface area (Å²) >= 11 is 0. The molecule has 1 fully saturated rings. The van der Waals surface area contributed by atoms with Crippen LogP contribution in [0.2, 0.25) is 0 Å². The van der Waals surface area contributed by atoms with E-state index in [1.54, 1.807) is 25.3 Å². The number of methoxy groups -OCH3 is 1. The minimum absolute atomic E-state index is 0.150. The summed E-state index contributed by atoms with van der Waals surface area (Å²) in [6.07, 6.45) is 0. The standard InChI is InChI=1S/C22H20N2O6/c1-28-18-5-2-15-3-6-19(13-16(15)12-18)30-22(25)20-14-17(24(26)27)4-7-21(20)23-8-10-29-11-9-23/h2-7,12-14H,8-11H2,1H3. The molecular formula is C22H20N2O6. The Morgan fingerprint density at radius 3 is 2.40 bits per heavy atom. The highest BCUT2D eigenvalue weighted by Crippen LogP contribution is 2.29. The number of carbonyl (C=O) groups is 1. The van der Waals surface area contributed by atoms with Crippen molar-refractivity contribution in [3.8, 4) is 11.5 Å². The number of benzene rings is 3. The maximum absolute atomic E-state index is 13.0. The molecule has 8 heteroatoms. The fraction of sp³-hybridized carbons (Fsp3) is 0.227. The van der Waals surface area contributed by atoms with Crippen LogP contribution < -0.4 is 14.4 Å². The topological polar surface area (TPSA) is 91.1 Å². The largest absolute Gasteiger partial charge is 0.497 e. The van der Waals surface area contributed by atoms with Gasteiger partial charge in [0.1, 0.15) is 11.5 Å². The van der Waals surface area contributed by atoms with Crippen molar-refractivity contribution in [2.45, 2.75) is 0 Å². The third-order valence-corrected chi connectivity index (χ3v) is 4.99. The van der Waals surface area contributed by atoms with E-state index >= 15 is 0 Å². The first-order chi connectivity index (χ1) is 14.5. The van der Waals surface area contributed by atoms with Gasteiger partial charge in [-0.15, -0.1) is 0 Å². The second-order valence-corrected chi connectivity index (χ2v) is 6.82. The van der Waals surface area contributed by atoms with Gasteiger partial charge in [-0.05, 0) is 41.1 Å². The summed E-state index contributed by atoms with van der Waals surface area (Å²) in [6, 6.07) is 15.1. The average Bonchev–Trinajstić information content (AvgIpc) is 2.78. The molecule has 0 saturated carbocycles. The Hall–Kier alpha value is -3.65. The van der Waals surface area contributed by atoms with Gasteiger partial charge in [0, 0.05) is 25.2 Å². The molecule has 0 spiro atoms. The lowest BCUT2D eigenvalue weighted by Gasteiger charge is -2.30. The third-order valence-electron chi connectivity index (χ3n) is 4.99. The van der Waals surface area contributed by atoms with E-state index in [9.17, 15) is 14.9 Å². The number of esters is 1. The number of nitro groups is 1. The number of morpholine rings is 1. The van der Waals surface area contributed by atoms with E-state index in [1.807, 2.05) is 29.2 Å². The van der Waals surface area contributed by atoms with Crippen molar-refractivity contribution in [1.82, 2.24) is 0 Å². The van der Waals surface area contributed by atoms with Crippen LogP contribution in [0.3, 0.4) is 0 Å². The number of nitrogens with zero attached hydrogens (tertiary/aromatic N) is 2. The van der Waals surface area contributed by atoms with Crippen molar-refractivity contribution in [3.05, 3.63) is 70.3 Å². The van der Waals surface area contributed by atoms with E-state index < -0.39 is 10.9 Å². The van der Waals surface area contributed by atoms with E-state index in [2.05, 4.69) is 0 Å². The van der Waals surface area contributed by atoms with Crippen LogP contribution in [0, 0.1) is 10.1 Å². The number of carbonyl (C=O) groups excluding carboxylic acids is 1. The van der Waals surface area contributed by atoms with Crippen molar-refractivity contribution in [1.29, 1.82) is 0 Å². The van der Waals surface area contributed by atoms with Gasteiger partial charge in [-0.25, -0.2) is 4.79 Å². The van der Waals surface area contributed by atoms with Crippen molar-refractivity contribution in [3.63, 3.8) is 0 Å². The first-order valence-electron chi connectivity index (χ1n) is 9.46. The molecule has 154 valence electrons. The van der Waals surface area contributed by atoms with Gasteiger partial charge in [0.25, 0.3) is 5.69 Å². The lowest BCUT2D eigenvalue weighted by atomic mass is 10.1. The number of ether oxygens (including phenoxy) is 3. The lowest BCUT2D eigenvalue weighted by Crippen LogP contribution is -2.37. The zero-order valence-electron chi connectivity index (χ0n) is 16.4. The summed E-state index contributed by atoms with van der Waals surface area (Å²) < 4.78 is 16.2. The summed E-state index contributed by atoms with van der Waals surface area (Å²) in [4.78, 5) is 25.7. The summed E-state index contributed by atoms with van der Waals surface area (Å²) in [5, 5.41) is 13.1. The van der Waals surface area contributed by atoms with Crippen LogP contribution in [0.1, 0.15) is 10.4 Å². The van der Waals surface area contributed by atoms with E-state index in [4.69, 9.17) is 14.2 Å². The van der Waals surface area contributed by atoms with Crippen molar-refractivity contribution < 1.29 is 23.9 Å². The Labute approximate surface area is 172 Å². The molecule has 3 aromatic rings. The predicted molar refractivity (Wildman–Crippen MR) is 112 cm³/mol. The molecule has 0 N–H and O–H groups in total. The maximum atomic E-state index is 13.0. The molecule has 0 radical (unpaired) electrons. The maximum Gasteiger partial charge on any atom is 0.345 e. The average molecular weight is 408 g/mol. The Bertz CT molecular complexity index is 1110. The minimum Gasteiger partial charge on any atom is -0.497 e. The molecule has 0 aromatic heterocycles. The van der Waals surface area contributed by atoms with Crippen LogP contribution in [0.4, 0.5) is 11.4 Å². The van der Waals surface area contributed by atoms with Gasteiger partial charge in [-0.1, -0.05) is 12.1 Å². The van der Waals surface area contributed by atoms with Crippen LogP contribution in [0.5, 0.6) is 11.5 Å². The molecule has 30 heavy (non-hydrogen) atoms. The van der Waals surface area contributed by atoms with Crippen LogP contribution >= 0.6 is 0 Å². The van der Waals surface area contributed by atoms with Crippen LogP contribution in [0.15, 0.2) is 54.6 Å². The fourth-order valence-corrected chi connectivity index (χ4v) is 3.44. The van der Waals surface area contributed by atoms with E-state index in [-0.39, 0.29) is 11.3 Å². The van der Waals surface area contributed by atoms with Crippen LogP contribution in [-0.2, 0) is 4.74 Å². The number of rotatable bonds is 5. The van der Waals surface area contributed by atoms with Gasteiger partial charge >= 0.3 is 5.97 Å². The van der Waals surface area contributed by atoms with Crippen LogP contribution in [0.25, 0.3) is 10.8 Å². The molecule has 0 atom stereocenters. The molecule has 1 saturated heterocycles. The monoisotopic (exact) mass is 408 g/mol. The van der Waals surface area contributed by atoms with Gasteiger partial charge in [0.2, 0.25) is 0 Å². The number of hydrogen-bond acceptors (Lipinski definition) is 7. The second kappa shape index (κ2) is 8.38. The fourth-order valence-electron chi connectivity index (χ4n) is 3.44. The van der Waals surface area contributed by atoms with Gasteiger partial charge < -0.3 is 19.1 Å². The summed E-state index contributed by atoms with van der Waals surface area (Å²) in [5.41, 5.74) is 0.579. The zero-order chi connectivity index (χ0) is 21.1. The van der Waals surface area contributed by atoms with Gasteiger partial charge in [-0.3, -0.25) is 10.1 Å². The molecule has 1 aliphatic heterocycles. The van der Waals surface area contributed by atoms with Crippen molar-refractivity contribution >= 4 is 28.1 Å². The number of fused-ring (bicyclic) bond motifs is 1. The normalized spacial score (nSPS) is 13.8. The van der Waals surface area contributed by atoms with Crippen molar-refractivity contribution in [2.24, 2.45) is 0 Å². The highest BCUT2D eigenvalue weighted by Gasteiger charge is 2.23. The van der Waals surface area contributed by atoms with Gasteiger partial charge in [-0.2, -0.15) is 0 Å². The summed E-state index contributed by atoms with van der Waals surface area (Å²) in [6.45, 7) is 2.23. The van der Waals surface area contributed by atoms with E-state index in [0.717, 1.165) is 10.8 Å². The Balaban J connectivity index is 1.67. The van der Waals surface area contributed by atoms with Gasteiger partial charge in [0.15, 0.2) is 0 Å².